The van der Waals surface area contributed by atoms with Crippen molar-refractivity contribution < 1.29 is 0 Å². The Kier molecular flexibility index (Phi) is 4.42. The van der Waals surface area contributed by atoms with Crippen LogP contribution < -0.4 is 10.9 Å². The molecule has 0 aliphatic carbocycles. The molecule has 0 unspecified atom stereocenters. The number of hydrogen-bond acceptors (Lipinski definition) is 5. The van der Waals surface area contributed by atoms with E-state index >= 15 is 0 Å². The number of fused-ring (bicyclic) bond motifs is 1. The van der Waals surface area contributed by atoms with Crippen LogP contribution in [0.1, 0.15) is 36.2 Å². The number of nitrogens with one attached hydrogen (secondary N) is 1. The van der Waals surface area contributed by atoms with Crippen molar-refractivity contribution in [2.24, 2.45) is 5.92 Å². The third-order valence-electron chi connectivity index (χ3n) is 3.65. The topological polar surface area (TPSA) is 46.4 Å². The summed E-state index contributed by atoms with van der Waals surface area (Å²) in [5.74, 6) is 0.479. The molecule has 0 bridgehead atoms. The smallest absolute Gasteiger partial charge is 0.259 e. The summed E-state index contributed by atoms with van der Waals surface area (Å²) in [6, 6.07) is 6.13. The maximum absolute atomic E-state index is 12.2. The summed E-state index contributed by atoms with van der Waals surface area (Å²) >= 11 is 3.26. The van der Waals surface area contributed by atoms with E-state index in [2.05, 4.69) is 41.7 Å². The lowest BCUT2D eigenvalue weighted by Gasteiger charge is -2.21. The number of thiazole rings is 1. The summed E-state index contributed by atoms with van der Waals surface area (Å²) in [6.45, 7) is 6.93. The highest BCUT2D eigenvalue weighted by Gasteiger charge is 2.16. The lowest BCUT2D eigenvalue weighted by molar-refractivity contribution is 0.414. The predicted molar refractivity (Wildman–Crippen MR) is 92.8 cm³/mol. The molecule has 0 spiro atoms. The standard InChI is InChI=1S/C16H19N3OS2/c1-10(2)15(13-5-4-6-21-13)17-8-12-7-14(20)19-11(3)9-22-16(19)18-12/h4-7,9-10,15,17H,8H2,1-3H3/t15-/m1/s1. The Labute approximate surface area is 137 Å². The molecule has 6 heteroatoms. The molecule has 0 aliphatic heterocycles. The van der Waals surface area contributed by atoms with Crippen LogP contribution in [-0.4, -0.2) is 9.38 Å². The maximum atomic E-state index is 12.2. The first-order valence-corrected chi connectivity index (χ1v) is 9.05. The molecule has 0 aliphatic rings. The first-order valence-electron chi connectivity index (χ1n) is 7.30. The van der Waals surface area contributed by atoms with E-state index in [9.17, 15) is 4.79 Å². The van der Waals surface area contributed by atoms with Gasteiger partial charge in [0, 0.05) is 34.6 Å². The van der Waals surface area contributed by atoms with E-state index < -0.39 is 0 Å². The van der Waals surface area contributed by atoms with Gasteiger partial charge in [0.1, 0.15) is 0 Å². The van der Waals surface area contributed by atoms with E-state index in [1.54, 1.807) is 21.8 Å². The molecule has 4 nitrogen and oxygen atoms in total. The van der Waals surface area contributed by atoms with E-state index in [-0.39, 0.29) is 11.6 Å². The van der Waals surface area contributed by atoms with Gasteiger partial charge in [0.15, 0.2) is 4.96 Å². The van der Waals surface area contributed by atoms with Crippen molar-refractivity contribution in [1.82, 2.24) is 14.7 Å². The van der Waals surface area contributed by atoms with Gasteiger partial charge in [0.25, 0.3) is 5.56 Å². The molecular formula is C16H19N3OS2. The molecule has 1 atom stereocenters. The molecule has 1 N–H and O–H groups in total. The first kappa shape index (κ1) is 15.4. The van der Waals surface area contributed by atoms with Crippen molar-refractivity contribution in [1.29, 1.82) is 0 Å². The molecule has 3 aromatic heterocycles. The van der Waals surface area contributed by atoms with Crippen molar-refractivity contribution in [3.63, 3.8) is 0 Å². The van der Waals surface area contributed by atoms with Crippen LogP contribution in [0.4, 0.5) is 0 Å². The molecule has 0 saturated carbocycles. The molecule has 0 saturated heterocycles. The van der Waals surface area contributed by atoms with Crippen molar-refractivity contribution in [2.75, 3.05) is 0 Å². The van der Waals surface area contributed by atoms with Crippen LogP contribution in [-0.2, 0) is 6.54 Å². The van der Waals surface area contributed by atoms with Crippen LogP contribution in [0.3, 0.4) is 0 Å². The highest BCUT2D eigenvalue weighted by molar-refractivity contribution is 7.15. The number of rotatable bonds is 5. The largest absolute Gasteiger partial charge is 0.303 e. The zero-order chi connectivity index (χ0) is 15.7. The number of hydrogen-bond donors (Lipinski definition) is 1. The SMILES string of the molecule is Cc1csc2nc(CN[C@@H](c3cccs3)C(C)C)cc(=O)n12. The minimum absolute atomic E-state index is 0.00206. The van der Waals surface area contributed by atoms with Gasteiger partial charge in [0.05, 0.1) is 5.69 Å². The highest BCUT2D eigenvalue weighted by atomic mass is 32.1. The van der Waals surface area contributed by atoms with E-state index in [1.165, 1.54) is 16.2 Å². The fourth-order valence-electron chi connectivity index (χ4n) is 2.54. The number of aromatic nitrogens is 2. The highest BCUT2D eigenvalue weighted by Crippen LogP contribution is 2.26. The van der Waals surface area contributed by atoms with Crippen LogP contribution >= 0.6 is 22.7 Å². The normalized spacial score (nSPS) is 13.1. The molecule has 116 valence electrons. The minimum Gasteiger partial charge on any atom is -0.303 e. The van der Waals surface area contributed by atoms with Crippen LogP contribution in [0, 0.1) is 12.8 Å². The molecular weight excluding hydrogens is 314 g/mol. The van der Waals surface area contributed by atoms with E-state index in [4.69, 9.17) is 0 Å². The van der Waals surface area contributed by atoms with E-state index in [1.807, 2.05) is 12.3 Å². The summed E-state index contributed by atoms with van der Waals surface area (Å²) in [5.41, 5.74) is 1.74. The second-order valence-corrected chi connectivity index (χ2v) is 7.51. The fraction of sp³-hybridized carbons (Fsp3) is 0.375. The molecule has 3 aromatic rings. The summed E-state index contributed by atoms with van der Waals surface area (Å²) in [7, 11) is 0. The van der Waals surface area contributed by atoms with E-state index in [0.29, 0.717) is 12.5 Å². The quantitative estimate of drug-likeness (QED) is 0.776. The summed E-state index contributed by atoms with van der Waals surface area (Å²) in [5, 5.41) is 7.60. The van der Waals surface area contributed by atoms with Gasteiger partial charge >= 0.3 is 0 Å². The first-order chi connectivity index (χ1) is 10.6. The molecule has 0 amide bonds. The summed E-state index contributed by atoms with van der Waals surface area (Å²) in [4.78, 5) is 18.9. The number of nitrogens with zero attached hydrogens (tertiary/aromatic N) is 2. The second-order valence-electron chi connectivity index (χ2n) is 5.70. The van der Waals surface area contributed by atoms with Gasteiger partial charge in [0.2, 0.25) is 0 Å². The van der Waals surface area contributed by atoms with Gasteiger partial charge in [-0.25, -0.2) is 4.98 Å². The molecule has 3 heterocycles. The molecule has 22 heavy (non-hydrogen) atoms. The van der Waals surface area contributed by atoms with Crippen LogP contribution in [0.25, 0.3) is 4.96 Å². The average molecular weight is 333 g/mol. The molecule has 3 rings (SSSR count). The van der Waals surface area contributed by atoms with Gasteiger partial charge in [-0.05, 0) is 24.3 Å². The molecule has 0 aromatic carbocycles. The van der Waals surface area contributed by atoms with Crippen molar-refractivity contribution in [2.45, 2.75) is 33.4 Å². The molecule has 0 radical (unpaired) electrons. The predicted octanol–water partition coefficient (Wildman–Crippen LogP) is 3.61. The lowest BCUT2D eigenvalue weighted by Crippen LogP contribution is -2.26. The van der Waals surface area contributed by atoms with Crippen molar-refractivity contribution >= 4 is 27.6 Å². The number of aryl methyl sites for hydroxylation is 1. The van der Waals surface area contributed by atoms with Crippen molar-refractivity contribution in [3.8, 4) is 0 Å². The van der Waals surface area contributed by atoms with Crippen LogP contribution in [0.15, 0.2) is 33.8 Å². The summed E-state index contributed by atoms with van der Waals surface area (Å²) in [6.07, 6.45) is 0. The van der Waals surface area contributed by atoms with Gasteiger partial charge in [-0.1, -0.05) is 19.9 Å². The zero-order valence-electron chi connectivity index (χ0n) is 12.9. The maximum Gasteiger partial charge on any atom is 0.259 e. The lowest BCUT2D eigenvalue weighted by atomic mass is 10.0. The Morgan fingerprint density at radius 3 is 2.86 bits per heavy atom. The Bertz CT molecular complexity index is 818. The van der Waals surface area contributed by atoms with Crippen LogP contribution in [0.2, 0.25) is 0 Å². The Morgan fingerprint density at radius 2 is 2.18 bits per heavy atom. The zero-order valence-corrected chi connectivity index (χ0v) is 14.5. The van der Waals surface area contributed by atoms with Crippen molar-refractivity contribution in [3.05, 3.63) is 55.6 Å². The Balaban J connectivity index is 1.82. The minimum atomic E-state index is -0.00206. The Hall–Kier alpha value is -1.50. The third kappa shape index (κ3) is 2.99. The summed E-state index contributed by atoms with van der Waals surface area (Å²) < 4.78 is 1.66. The number of thiophene rings is 1. The van der Waals surface area contributed by atoms with Crippen LogP contribution in [0.5, 0.6) is 0 Å². The van der Waals surface area contributed by atoms with E-state index in [0.717, 1.165) is 16.3 Å². The second kappa shape index (κ2) is 6.32. The monoisotopic (exact) mass is 333 g/mol. The van der Waals surface area contributed by atoms with Gasteiger partial charge < -0.3 is 5.32 Å². The fourth-order valence-corrected chi connectivity index (χ4v) is 4.40. The van der Waals surface area contributed by atoms with Gasteiger partial charge in [-0.15, -0.1) is 22.7 Å². The third-order valence-corrected chi connectivity index (χ3v) is 5.55. The average Bonchev–Trinajstić information content (AvgIpc) is 3.09. The molecule has 0 fully saturated rings. The van der Waals surface area contributed by atoms with Gasteiger partial charge in [-0.3, -0.25) is 9.20 Å². The van der Waals surface area contributed by atoms with Gasteiger partial charge in [-0.2, -0.15) is 0 Å². The Morgan fingerprint density at radius 1 is 1.36 bits per heavy atom.